The third-order valence-corrected chi connectivity index (χ3v) is 16.6. The summed E-state index contributed by atoms with van der Waals surface area (Å²) < 4.78 is 39.3. The highest BCUT2D eigenvalue weighted by Gasteiger charge is 2.75. The molecule has 4 bridgehead atoms. The number of fused-ring (bicyclic) bond motifs is 6. The van der Waals surface area contributed by atoms with Gasteiger partial charge in [-0.15, -0.1) is 0 Å². The number of rotatable bonds is 5. The minimum Gasteiger partial charge on any atom is -0.394 e. The summed E-state index contributed by atoms with van der Waals surface area (Å²) in [6.07, 6.45) is -13.0. The summed E-state index contributed by atoms with van der Waals surface area (Å²) in [5, 5.41) is 88.5. The topological polar surface area (TPSA) is 234 Å². The molecule has 8 fully saturated rings. The SMILES string of the molecule is C[C@@H]1CC(=O)C(C)(C)C2C1C1C[C@@H](O)C3C([C@]4(C)CC[C@H](C(C)(C)O)O4)CC[C@]34OCC3O[C@H](O[C@H]2C[C@]14C)C(O[C@H]1OC(CO)[C@H](O)C(O)C1O)C(O)[C@H]3O. The second-order valence-corrected chi connectivity index (χ2v) is 20.4. The van der Waals surface area contributed by atoms with Gasteiger partial charge in [-0.05, 0) is 83.0 Å². The predicted octanol–water partition coefficient (Wildman–Crippen LogP) is 0.166. The molecule has 8 N–H and O–H groups in total. The standard InChI is InChI=1S/C41H66O15/c1-17-12-24(44)37(2,3)28-21-14-39(6)19(26(17)28)13-20(43)27-18(40(7)10-9-25(56-40)38(4,5)50)8-11-41(27,39)51-16-23-30(46)32(48)34(36(52-21)54-23)55-35-33(49)31(47)29(45)22(15-42)53-35/h17-23,25-36,42-43,45-50H,8-16H2,1-7H3/t17-,18?,19?,20-,21+,22?,23?,25-,26?,27?,28?,29+,30+,31?,32?,33?,34?,35-,36+,39-,40+,41+/m1/s1. The number of aliphatic hydroxyl groups is 8. The molecule has 0 aromatic carbocycles. The average Bonchev–Trinajstić information content (AvgIpc) is 3.74. The molecule has 0 radical (unpaired) electrons. The number of carbonyl (C=O) groups is 1. The normalized spacial score (nSPS) is 57.0. The second-order valence-electron chi connectivity index (χ2n) is 20.4. The Morgan fingerprint density at radius 1 is 0.839 bits per heavy atom. The van der Waals surface area contributed by atoms with Crippen molar-refractivity contribution in [3.63, 3.8) is 0 Å². The molecule has 4 saturated carbocycles. The van der Waals surface area contributed by atoms with E-state index in [2.05, 4.69) is 20.8 Å². The molecule has 8 aliphatic rings. The predicted molar refractivity (Wildman–Crippen MR) is 194 cm³/mol. The summed E-state index contributed by atoms with van der Waals surface area (Å²) in [5.74, 6) is -0.891. The van der Waals surface area contributed by atoms with Gasteiger partial charge in [0.05, 0.1) is 48.3 Å². The molecule has 56 heavy (non-hydrogen) atoms. The molecular formula is C41H66O15. The Kier molecular flexibility index (Phi) is 10.5. The fraction of sp³-hybridized carbons (Fsp3) is 0.976. The van der Waals surface area contributed by atoms with Gasteiger partial charge in [0.15, 0.2) is 12.6 Å². The molecule has 8 rings (SSSR count). The van der Waals surface area contributed by atoms with Gasteiger partial charge in [0.25, 0.3) is 0 Å². The summed E-state index contributed by atoms with van der Waals surface area (Å²) in [7, 11) is 0. The van der Waals surface area contributed by atoms with Crippen LogP contribution in [-0.2, 0) is 33.2 Å². The van der Waals surface area contributed by atoms with E-state index in [1.165, 1.54) is 0 Å². The van der Waals surface area contributed by atoms with Crippen LogP contribution in [-0.4, -0.2) is 156 Å². The lowest BCUT2D eigenvalue weighted by molar-refractivity contribution is -0.392. The van der Waals surface area contributed by atoms with Crippen molar-refractivity contribution in [2.75, 3.05) is 13.2 Å². The Morgan fingerprint density at radius 2 is 1.54 bits per heavy atom. The van der Waals surface area contributed by atoms with Gasteiger partial charge in [-0.2, -0.15) is 0 Å². The Morgan fingerprint density at radius 3 is 2.20 bits per heavy atom. The Bertz CT molecular complexity index is 1490. The second kappa shape index (κ2) is 14.1. The van der Waals surface area contributed by atoms with Gasteiger partial charge in [0.2, 0.25) is 0 Å². The van der Waals surface area contributed by atoms with E-state index in [0.29, 0.717) is 44.9 Å². The molecule has 0 aromatic rings. The average molecular weight is 799 g/mol. The summed E-state index contributed by atoms with van der Waals surface area (Å²) >= 11 is 0. The molecule has 4 saturated heterocycles. The van der Waals surface area contributed by atoms with Crippen LogP contribution in [0.25, 0.3) is 0 Å². The molecule has 15 nitrogen and oxygen atoms in total. The van der Waals surface area contributed by atoms with Gasteiger partial charge < -0.3 is 69.3 Å². The van der Waals surface area contributed by atoms with Crippen LogP contribution >= 0.6 is 0 Å². The number of hydrogen-bond donors (Lipinski definition) is 8. The van der Waals surface area contributed by atoms with Crippen LogP contribution in [0.1, 0.15) is 93.4 Å². The molecule has 0 aromatic heterocycles. The highest BCUT2D eigenvalue weighted by atomic mass is 16.8. The minimum atomic E-state index is -1.78. The first-order valence-corrected chi connectivity index (χ1v) is 21.0. The number of aliphatic hydroxyl groups excluding tert-OH is 7. The van der Waals surface area contributed by atoms with E-state index in [4.69, 9.17) is 28.4 Å². The Labute approximate surface area is 328 Å². The van der Waals surface area contributed by atoms with Crippen LogP contribution in [0.5, 0.6) is 0 Å². The van der Waals surface area contributed by atoms with Crippen molar-refractivity contribution in [1.82, 2.24) is 0 Å². The van der Waals surface area contributed by atoms with Crippen molar-refractivity contribution < 1.29 is 74.1 Å². The van der Waals surface area contributed by atoms with Gasteiger partial charge >= 0.3 is 0 Å². The summed E-state index contributed by atoms with van der Waals surface area (Å²) in [6, 6.07) is 0. The lowest BCUT2D eigenvalue weighted by Crippen LogP contribution is -2.73. The Hall–Kier alpha value is -0.890. The van der Waals surface area contributed by atoms with Crippen LogP contribution in [0.3, 0.4) is 0 Å². The van der Waals surface area contributed by atoms with E-state index in [-0.39, 0.29) is 54.0 Å². The zero-order valence-electron chi connectivity index (χ0n) is 33.8. The van der Waals surface area contributed by atoms with E-state index >= 15 is 0 Å². The molecule has 22 atom stereocenters. The van der Waals surface area contributed by atoms with E-state index in [0.717, 1.165) is 0 Å². The molecule has 4 aliphatic carbocycles. The Balaban J connectivity index is 1.20. The number of ether oxygens (including phenoxy) is 6. The highest BCUT2D eigenvalue weighted by Crippen LogP contribution is 2.72. The largest absolute Gasteiger partial charge is 0.394 e. The number of hydrogen-bond acceptors (Lipinski definition) is 15. The molecule has 11 unspecified atom stereocenters. The van der Waals surface area contributed by atoms with Gasteiger partial charge in [-0.1, -0.05) is 27.7 Å². The maximum atomic E-state index is 13.9. The first kappa shape index (κ1) is 41.8. The zero-order chi connectivity index (χ0) is 40.7. The van der Waals surface area contributed by atoms with Crippen molar-refractivity contribution in [3.05, 3.63) is 0 Å². The lowest BCUT2D eigenvalue weighted by atomic mass is 9.39. The molecule has 320 valence electrons. The minimum absolute atomic E-state index is 0.0472. The molecule has 4 heterocycles. The first-order chi connectivity index (χ1) is 26.1. The quantitative estimate of drug-likeness (QED) is 0.173. The summed E-state index contributed by atoms with van der Waals surface area (Å²) in [5.41, 5.74) is -4.04. The maximum Gasteiger partial charge on any atom is 0.187 e. The van der Waals surface area contributed by atoms with Crippen LogP contribution < -0.4 is 0 Å². The van der Waals surface area contributed by atoms with Gasteiger partial charge in [-0.3, -0.25) is 4.79 Å². The first-order valence-electron chi connectivity index (χ1n) is 21.0. The van der Waals surface area contributed by atoms with E-state index in [1.807, 2.05) is 13.8 Å². The molecular weight excluding hydrogens is 732 g/mol. The third kappa shape index (κ3) is 6.07. The smallest absolute Gasteiger partial charge is 0.187 e. The zero-order valence-corrected chi connectivity index (χ0v) is 33.8. The van der Waals surface area contributed by atoms with E-state index in [1.54, 1.807) is 13.8 Å². The lowest BCUT2D eigenvalue weighted by Gasteiger charge is -2.69. The highest BCUT2D eigenvalue weighted by molar-refractivity contribution is 5.85. The van der Waals surface area contributed by atoms with Crippen molar-refractivity contribution in [2.24, 2.45) is 46.3 Å². The molecule has 1 spiro atoms. The number of carbonyl (C=O) groups excluding carboxylic acids is 1. The maximum absolute atomic E-state index is 13.9. The van der Waals surface area contributed by atoms with Crippen LogP contribution in [0.2, 0.25) is 0 Å². The van der Waals surface area contributed by atoms with Crippen molar-refractivity contribution in [1.29, 1.82) is 0 Å². The monoisotopic (exact) mass is 798 g/mol. The molecule has 4 aliphatic heterocycles. The van der Waals surface area contributed by atoms with Crippen LogP contribution in [0.15, 0.2) is 0 Å². The van der Waals surface area contributed by atoms with Gasteiger partial charge in [0.1, 0.15) is 54.6 Å². The fourth-order valence-electron chi connectivity index (χ4n) is 13.6. The summed E-state index contributed by atoms with van der Waals surface area (Å²) in [4.78, 5) is 13.9. The van der Waals surface area contributed by atoms with Crippen LogP contribution in [0, 0.1) is 46.3 Å². The number of ketones is 1. The molecule has 15 heteroatoms. The van der Waals surface area contributed by atoms with Crippen molar-refractivity contribution in [3.8, 4) is 0 Å². The van der Waals surface area contributed by atoms with Gasteiger partial charge in [-0.25, -0.2) is 0 Å². The fourth-order valence-corrected chi connectivity index (χ4v) is 13.6. The van der Waals surface area contributed by atoms with Crippen molar-refractivity contribution >= 4 is 5.78 Å². The van der Waals surface area contributed by atoms with Crippen molar-refractivity contribution in [2.45, 2.75) is 190 Å². The van der Waals surface area contributed by atoms with E-state index < -0.39 is 108 Å². The number of Topliss-reactive ketones (excluding diaryl/α,β-unsaturated/α-hetero) is 1. The summed E-state index contributed by atoms with van der Waals surface area (Å²) in [6.45, 7) is 13.0. The molecule has 0 amide bonds. The van der Waals surface area contributed by atoms with Crippen LogP contribution in [0.4, 0.5) is 0 Å². The van der Waals surface area contributed by atoms with E-state index in [9.17, 15) is 45.6 Å². The van der Waals surface area contributed by atoms with Gasteiger partial charge in [0, 0.05) is 29.1 Å². The third-order valence-electron chi connectivity index (χ3n) is 16.6.